The van der Waals surface area contributed by atoms with E-state index in [0.717, 1.165) is 12.8 Å². The van der Waals surface area contributed by atoms with E-state index in [1.807, 2.05) is 12.1 Å². The Morgan fingerprint density at radius 2 is 2.29 bits per heavy atom. The number of guanidine groups is 1. The first-order chi connectivity index (χ1) is 11.7. The Morgan fingerprint density at radius 3 is 2.96 bits per heavy atom. The molecule has 24 heavy (non-hydrogen) atoms. The number of rotatable bonds is 6. The van der Waals surface area contributed by atoms with Gasteiger partial charge < -0.3 is 25.4 Å². The zero-order valence-electron chi connectivity index (χ0n) is 14.0. The molecule has 0 atom stereocenters. The highest BCUT2D eigenvalue weighted by atomic mass is 16.6. The van der Waals surface area contributed by atoms with Crippen LogP contribution in [0, 0.1) is 0 Å². The molecule has 0 radical (unpaired) electrons. The Bertz CT molecular complexity index is 530. The number of nitrogens with two attached hydrogens (primary N) is 1. The van der Waals surface area contributed by atoms with Crippen molar-refractivity contribution < 1.29 is 14.3 Å². The molecule has 132 valence electrons. The van der Waals surface area contributed by atoms with Crippen molar-refractivity contribution in [3.63, 3.8) is 0 Å². The molecule has 2 rings (SSSR count). The zero-order chi connectivity index (χ0) is 17.2. The maximum atomic E-state index is 11.6. The van der Waals surface area contributed by atoms with Crippen LogP contribution in [0.1, 0.15) is 19.8 Å². The summed E-state index contributed by atoms with van der Waals surface area (Å²) in [6.07, 6.45) is 4.75. The predicted molar refractivity (Wildman–Crippen MR) is 91.0 cm³/mol. The van der Waals surface area contributed by atoms with Crippen LogP contribution in [0.3, 0.4) is 0 Å². The lowest BCUT2D eigenvalue weighted by Crippen LogP contribution is -2.48. The van der Waals surface area contributed by atoms with E-state index in [9.17, 15) is 4.79 Å². The number of aromatic nitrogens is 1. The third kappa shape index (κ3) is 5.94. The molecule has 0 bridgehead atoms. The molecule has 0 aromatic carbocycles. The number of hydrogen-bond donors (Lipinski definition) is 2. The van der Waals surface area contributed by atoms with Crippen molar-refractivity contribution in [3.05, 3.63) is 24.5 Å². The highest BCUT2D eigenvalue weighted by Crippen LogP contribution is 2.11. The van der Waals surface area contributed by atoms with Gasteiger partial charge in [0.2, 0.25) is 0 Å². The van der Waals surface area contributed by atoms with Gasteiger partial charge in [-0.1, -0.05) is 0 Å². The minimum atomic E-state index is -0.245. The number of hydrogen-bond acceptors (Lipinski definition) is 5. The van der Waals surface area contributed by atoms with Crippen LogP contribution in [0.2, 0.25) is 0 Å². The number of amides is 1. The van der Waals surface area contributed by atoms with E-state index in [4.69, 9.17) is 15.2 Å². The molecule has 0 saturated carbocycles. The SMILES string of the molecule is CCOC(=O)N1CCC(NC(N)=NCCOc2cccnc2)CC1. The fourth-order valence-corrected chi connectivity index (χ4v) is 2.44. The minimum absolute atomic E-state index is 0.221. The van der Waals surface area contributed by atoms with Gasteiger partial charge in [-0.05, 0) is 31.9 Å². The van der Waals surface area contributed by atoms with E-state index < -0.39 is 0 Å². The monoisotopic (exact) mass is 335 g/mol. The van der Waals surface area contributed by atoms with Gasteiger partial charge in [0.25, 0.3) is 0 Å². The molecular formula is C16H25N5O3. The van der Waals surface area contributed by atoms with Crippen molar-refractivity contribution in [2.45, 2.75) is 25.8 Å². The van der Waals surface area contributed by atoms with Crippen molar-refractivity contribution in [1.29, 1.82) is 0 Å². The van der Waals surface area contributed by atoms with Gasteiger partial charge in [-0.25, -0.2) is 9.79 Å². The first kappa shape index (κ1) is 17.8. The maximum Gasteiger partial charge on any atom is 0.409 e. The lowest BCUT2D eigenvalue weighted by molar-refractivity contribution is 0.0963. The molecule has 1 amide bonds. The Morgan fingerprint density at radius 1 is 1.50 bits per heavy atom. The third-order valence-corrected chi connectivity index (χ3v) is 3.65. The number of likely N-dealkylation sites (tertiary alicyclic amines) is 1. The van der Waals surface area contributed by atoms with Gasteiger partial charge in [0.1, 0.15) is 12.4 Å². The van der Waals surface area contributed by atoms with Crippen LogP contribution in [0.15, 0.2) is 29.5 Å². The van der Waals surface area contributed by atoms with Gasteiger partial charge in [0.05, 0.1) is 19.3 Å². The smallest absolute Gasteiger partial charge is 0.409 e. The first-order valence-corrected chi connectivity index (χ1v) is 8.20. The Labute approximate surface area is 142 Å². The third-order valence-electron chi connectivity index (χ3n) is 3.65. The van der Waals surface area contributed by atoms with E-state index in [1.54, 1.807) is 24.2 Å². The second-order valence-electron chi connectivity index (χ2n) is 5.41. The number of ether oxygens (including phenoxy) is 2. The Hall–Kier alpha value is -2.51. The van der Waals surface area contributed by atoms with Gasteiger partial charge in [0.15, 0.2) is 5.96 Å². The van der Waals surface area contributed by atoms with Crippen molar-refractivity contribution in [2.24, 2.45) is 10.7 Å². The molecule has 0 aliphatic carbocycles. The second kappa shape index (κ2) is 9.59. The summed E-state index contributed by atoms with van der Waals surface area (Å²) in [6.45, 7) is 4.44. The average Bonchev–Trinajstić information content (AvgIpc) is 2.60. The minimum Gasteiger partial charge on any atom is -0.490 e. The molecule has 8 heteroatoms. The van der Waals surface area contributed by atoms with Crippen molar-refractivity contribution >= 4 is 12.1 Å². The van der Waals surface area contributed by atoms with Crippen LogP contribution in [-0.4, -0.2) is 60.8 Å². The Balaban J connectivity index is 1.64. The van der Waals surface area contributed by atoms with E-state index in [0.29, 0.717) is 44.6 Å². The number of nitrogens with zero attached hydrogens (tertiary/aromatic N) is 3. The number of carbonyl (C=O) groups excluding carboxylic acids is 1. The number of piperidine rings is 1. The summed E-state index contributed by atoms with van der Waals surface area (Å²) in [6, 6.07) is 3.88. The van der Waals surface area contributed by atoms with Crippen LogP contribution in [-0.2, 0) is 4.74 Å². The second-order valence-corrected chi connectivity index (χ2v) is 5.41. The van der Waals surface area contributed by atoms with E-state index in [1.165, 1.54) is 0 Å². The number of nitrogens with one attached hydrogen (secondary N) is 1. The zero-order valence-corrected chi connectivity index (χ0v) is 14.0. The van der Waals surface area contributed by atoms with Crippen molar-refractivity contribution in [1.82, 2.24) is 15.2 Å². The molecule has 0 unspecified atom stereocenters. The molecular weight excluding hydrogens is 310 g/mol. The summed E-state index contributed by atoms with van der Waals surface area (Å²) in [5.41, 5.74) is 5.89. The molecule has 1 saturated heterocycles. The fraction of sp³-hybridized carbons (Fsp3) is 0.562. The molecule has 8 nitrogen and oxygen atoms in total. The highest BCUT2D eigenvalue weighted by molar-refractivity contribution is 5.78. The van der Waals surface area contributed by atoms with Gasteiger partial charge >= 0.3 is 6.09 Å². The largest absolute Gasteiger partial charge is 0.490 e. The van der Waals surface area contributed by atoms with E-state index in [-0.39, 0.29) is 12.1 Å². The normalized spacial score (nSPS) is 15.9. The molecule has 1 aliphatic rings. The summed E-state index contributed by atoms with van der Waals surface area (Å²) in [5, 5.41) is 3.19. The molecule has 2 heterocycles. The number of pyridine rings is 1. The van der Waals surface area contributed by atoms with Gasteiger partial charge in [-0.15, -0.1) is 0 Å². The van der Waals surface area contributed by atoms with Crippen LogP contribution < -0.4 is 15.8 Å². The summed E-state index contributed by atoms with van der Waals surface area (Å²) in [4.78, 5) is 21.6. The van der Waals surface area contributed by atoms with Crippen LogP contribution >= 0.6 is 0 Å². The maximum absolute atomic E-state index is 11.6. The molecule has 1 fully saturated rings. The van der Waals surface area contributed by atoms with Gasteiger partial charge in [-0.3, -0.25) is 4.98 Å². The Kier molecular flexibility index (Phi) is 7.13. The van der Waals surface area contributed by atoms with Crippen LogP contribution in [0.25, 0.3) is 0 Å². The number of aliphatic imine (C=N–C) groups is 1. The molecule has 1 aromatic heterocycles. The van der Waals surface area contributed by atoms with Gasteiger partial charge in [0, 0.05) is 25.3 Å². The summed E-state index contributed by atoms with van der Waals surface area (Å²) in [5.74, 6) is 1.12. The summed E-state index contributed by atoms with van der Waals surface area (Å²) < 4.78 is 10.5. The quantitative estimate of drug-likeness (QED) is 0.456. The van der Waals surface area contributed by atoms with Gasteiger partial charge in [-0.2, -0.15) is 0 Å². The van der Waals surface area contributed by atoms with E-state index in [2.05, 4.69) is 15.3 Å². The predicted octanol–water partition coefficient (Wildman–Crippen LogP) is 0.986. The number of carbonyl (C=O) groups is 1. The summed E-state index contributed by atoms with van der Waals surface area (Å²) in [7, 11) is 0. The van der Waals surface area contributed by atoms with E-state index >= 15 is 0 Å². The average molecular weight is 335 g/mol. The fourth-order valence-electron chi connectivity index (χ4n) is 2.44. The van der Waals surface area contributed by atoms with Crippen LogP contribution in [0.4, 0.5) is 4.79 Å². The summed E-state index contributed by atoms with van der Waals surface area (Å²) >= 11 is 0. The van der Waals surface area contributed by atoms with Crippen molar-refractivity contribution in [2.75, 3.05) is 32.8 Å². The van der Waals surface area contributed by atoms with Crippen LogP contribution in [0.5, 0.6) is 5.75 Å². The standard InChI is InChI=1S/C16H25N5O3/c1-2-23-16(22)21-9-5-13(6-10-21)20-15(17)19-8-11-24-14-4-3-7-18-12-14/h3-4,7,12-13H,2,5-6,8-11H2,1H3,(H3,17,19,20). The highest BCUT2D eigenvalue weighted by Gasteiger charge is 2.23. The lowest BCUT2D eigenvalue weighted by atomic mass is 10.1. The lowest BCUT2D eigenvalue weighted by Gasteiger charge is -2.31. The molecule has 3 N–H and O–H groups in total. The molecule has 0 spiro atoms. The van der Waals surface area contributed by atoms with Crippen molar-refractivity contribution in [3.8, 4) is 5.75 Å². The molecule has 1 aliphatic heterocycles. The first-order valence-electron chi connectivity index (χ1n) is 8.20. The molecule has 1 aromatic rings. The topological polar surface area (TPSA) is 102 Å².